The second-order valence-electron chi connectivity index (χ2n) is 3.45. The zero-order chi connectivity index (χ0) is 9.26. The third kappa shape index (κ3) is 3.23. The van der Waals surface area contributed by atoms with Crippen LogP contribution in [0.15, 0.2) is 18.2 Å². The lowest BCUT2D eigenvalue weighted by Gasteiger charge is -2.07. The average Bonchev–Trinajstić information content (AvgIpc) is 2.86. The van der Waals surface area contributed by atoms with Crippen molar-refractivity contribution in [1.29, 1.82) is 0 Å². The molecule has 0 radical (unpaired) electrons. The van der Waals surface area contributed by atoms with Gasteiger partial charge in [0.1, 0.15) is 0 Å². The second-order valence-corrected chi connectivity index (χ2v) is 4.29. The summed E-state index contributed by atoms with van der Waals surface area (Å²) < 4.78 is 0. The Kier molecular flexibility index (Phi) is 4.36. The SMILES string of the molecule is Cl.Clc1ccc(NCC2CC2)c(Cl)c1. The molecule has 4 heteroatoms. The van der Waals surface area contributed by atoms with E-state index in [1.807, 2.05) is 12.1 Å². The first-order valence-electron chi connectivity index (χ1n) is 4.44. The van der Waals surface area contributed by atoms with Crippen molar-refractivity contribution >= 4 is 41.3 Å². The maximum atomic E-state index is 5.99. The van der Waals surface area contributed by atoms with E-state index < -0.39 is 0 Å². The fraction of sp³-hybridized carbons (Fsp3) is 0.400. The quantitative estimate of drug-likeness (QED) is 0.848. The molecule has 78 valence electrons. The van der Waals surface area contributed by atoms with E-state index in [-0.39, 0.29) is 12.4 Å². The van der Waals surface area contributed by atoms with Gasteiger partial charge in [-0.15, -0.1) is 12.4 Å². The zero-order valence-corrected chi connectivity index (χ0v) is 9.92. The summed E-state index contributed by atoms with van der Waals surface area (Å²) in [6, 6.07) is 5.54. The van der Waals surface area contributed by atoms with Crippen LogP contribution in [0.4, 0.5) is 5.69 Å². The van der Waals surface area contributed by atoms with Gasteiger partial charge in [-0.1, -0.05) is 23.2 Å². The Morgan fingerprint density at radius 3 is 2.57 bits per heavy atom. The van der Waals surface area contributed by atoms with Gasteiger partial charge in [-0.2, -0.15) is 0 Å². The number of benzene rings is 1. The van der Waals surface area contributed by atoms with Gasteiger partial charge in [0.2, 0.25) is 0 Å². The first-order valence-corrected chi connectivity index (χ1v) is 5.20. The van der Waals surface area contributed by atoms with Gasteiger partial charge in [-0.3, -0.25) is 0 Å². The number of hydrogen-bond acceptors (Lipinski definition) is 1. The maximum absolute atomic E-state index is 5.99. The summed E-state index contributed by atoms with van der Waals surface area (Å²) in [7, 11) is 0. The first-order chi connectivity index (χ1) is 6.25. The highest BCUT2D eigenvalue weighted by molar-refractivity contribution is 6.36. The fourth-order valence-electron chi connectivity index (χ4n) is 1.21. The van der Waals surface area contributed by atoms with Crippen LogP contribution >= 0.6 is 35.6 Å². The molecule has 0 bridgehead atoms. The van der Waals surface area contributed by atoms with Crippen LogP contribution in [0, 0.1) is 5.92 Å². The Morgan fingerprint density at radius 1 is 1.29 bits per heavy atom. The summed E-state index contributed by atoms with van der Waals surface area (Å²) in [6.45, 7) is 1.03. The zero-order valence-electron chi connectivity index (χ0n) is 7.59. The molecule has 0 spiro atoms. The standard InChI is InChI=1S/C10H11Cl2N.ClH/c11-8-3-4-10(9(12)5-8)13-6-7-1-2-7;/h3-5,7,13H,1-2,6H2;1H. The van der Waals surface area contributed by atoms with Gasteiger partial charge >= 0.3 is 0 Å². The minimum absolute atomic E-state index is 0. The van der Waals surface area contributed by atoms with Crippen LogP contribution in [0.2, 0.25) is 10.0 Å². The lowest BCUT2D eigenvalue weighted by Crippen LogP contribution is -2.03. The topological polar surface area (TPSA) is 12.0 Å². The molecule has 1 aliphatic rings. The highest BCUT2D eigenvalue weighted by Crippen LogP contribution is 2.31. The molecule has 1 aromatic carbocycles. The third-order valence-corrected chi connectivity index (χ3v) is 2.76. The van der Waals surface area contributed by atoms with Gasteiger partial charge in [-0.05, 0) is 37.0 Å². The Morgan fingerprint density at radius 2 is 2.00 bits per heavy atom. The van der Waals surface area contributed by atoms with Crippen molar-refractivity contribution in [1.82, 2.24) is 0 Å². The van der Waals surface area contributed by atoms with Crippen LogP contribution in [0.1, 0.15) is 12.8 Å². The van der Waals surface area contributed by atoms with Crippen molar-refractivity contribution in [2.45, 2.75) is 12.8 Å². The molecular weight excluding hydrogens is 240 g/mol. The maximum Gasteiger partial charge on any atom is 0.0652 e. The summed E-state index contributed by atoms with van der Waals surface area (Å²) in [4.78, 5) is 0. The van der Waals surface area contributed by atoms with E-state index in [0.717, 1.165) is 18.2 Å². The first kappa shape index (κ1) is 12.0. The van der Waals surface area contributed by atoms with Crippen molar-refractivity contribution in [3.63, 3.8) is 0 Å². The predicted molar refractivity (Wildman–Crippen MR) is 64.9 cm³/mol. The van der Waals surface area contributed by atoms with Gasteiger partial charge in [0.25, 0.3) is 0 Å². The van der Waals surface area contributed by atoms with Crippen LogP contribution in [-0.2, 0) is 0 Å². The smallest absolute Gasteiger partial charge is 0.0652 e. The van der Waals surface area contributed by atoms with Crippen LogP contribution in [0.25, 0.3) is 0 Å². The normalized spacial score (nSPS) is 14.7. The van der Waals surface area contributed by atoms with Crippen molar-refractivity contribution in [2.24, 2.45) is 5.92 Å². The third-order valence-electron chi connectivity index (χ3n) is 2.21. The van der Waals surface area contributed by atoms with Gasteiger partial charge < -0.3 is 5.32 Å². The fourth-order valence-corrected chi connectivity index (χ4v) is 1.68. The van der Waals surface area contributed by atoms with Crippen LogP contribution in [0.5, 0.6) is 0 Å². The van der Waals surface area contributed by atoms with E-state index in [1.54, 1.807) is 6.07 Å². The van der Waals surface area contributed by atoms with Crippen LogP contribution in [0.3, 0.4) is 0 Å². The predicted octanol–water partition coefficient (Wildman–Crippen LogP) is 4.24. The highest BCUT2D eigenvalue weighted by atomic mass is 35.5. The summed E-state index contributed by atoms with van der Waals surface area (Å²) in [6.07, 6.45) is 2.69. The van der Waals surface area contributed by atoms with Crippen molar-refractivity contribution in [3.05, 3.63) is 28.2 Å². The van der Waals surface area contributed by atoms with Gasteiger partial charge in [0.15, 0.2) is 0 Å². The highest BCUT2D eigenvalue weighted by Gasteiger charge is 2.20. The van der Waals surface area contributed by atoms with Crippen molar-refractivity contribution < 1.29 is 0 Å². The molecule has 1 fully saturated rings. The number of halogens is 3. The van der Waals surface area contributed by atoms with E-state index >= 15 is 0 Å². The summed E-state index contributed by atoms with van der Waals surface area (Å²) >= 11 is 11.8. The monoisotopic (exact) mass is 251 g/mol. The molecule has 0 atom stereocenters. The molecule has 1 nitrogen and oxygen atoms in total. The van der Waals surface area contributed by atoms with Crippen molar-refractivity contribution in [2.75, 3.05) is 11.9 Å². The molecule has 1 saturated carbocycles. The minimum atomic E-state index is 0. The summed E-state index contributed by atoms with van der Waals surface area (Å²) in [5.41, 5.74) is 0.984. The lowest BCUT2D eigenvalue weighted by molar-refractivity contribution is 0.889. The number of anilines is 1. The van der Waals surface area contributed by atoms with Gasteiger partial charge in [0.05, 0.1) is 10.7 Å². The van der Waals surface area contributed by atoms with Gasteiger partial charge in [0, 0.05) is 11.6 Å². The second kappa shape index (κ2) is 5.11. The summed E-state index contributed by atoms with van der Waals surface area (Å²) in [5, 5.41) is 4.70. The molecule has 0 aliphatic heterocycles. The molecular formula is C10H12Cl3N. The van der Waals surface area contributed by atoms with Gasteiger partial charge in [-0.25, -0.2) is 0 Å². The molecule has 2 rings (SSSR count). The van der Waals surface area contributed by atoms with E-state index in [9.17, 15) is 0 Å². The van der Waals surface area contributed by atoms with E-state index in [1.165, 1.54) is 12.8 Å². The van der Waals surface area contributed by atoms with E-state index in [2.05, 4.69) is 5.32 Å². The number of nitrogens with one attached hydrogen (secondary N) is 1. The Balaban J connectivity index is 0.000000980. The molecule has 1 aromatic rings. The van der Waals surface area contributed by atoms with Crippen LogP contribution in [-0.4, -0.2) is 6.54 Å². The Hall–Kier alpha value is -0.110. The molecule has 0 heterocycles. The van der Waals surface area contributed by atoms with Crippen LogP contribution < -0.4 is 5.32 Å². The largest absolute Gasteiger partial charge is 0.384 e. The molecule has 0 aromatic heterocycles. The Labute approximate surface area is 100 Å². The molecule has 1 N–H and O–H groups in total. The average molecular weight is 253 g/mol. The molecule has 0 unspecified atom stereocenters. The number of hydrogen-bond donors (Lipinski definition) is 1. The minimum Gasteiger partial charge on any atom is -0.384 e. The molecule has 0 amide bonds. The lowest BCUT2D eigenvalue weighted by atomic mass is 10.3. The van der Waals surface area contributed by atoms with E-state index in [4.69, 9.17) is 23.2 Å². The molecule has 14 heavy (non-hydrogen) atoms. The van der Waals surface area contributed by atoms with E-state index in [0.29, 0.717) is 10.0 Å². The Bertz CT molecular complexity index is 310. The molecule has 1 aliphatic carbocycles. The number of rotatable bonds is 3. The van der Waals surface area contributed by atoms with Crippen molar-refractivity contribution in [3.8, 4) is 0 Å². The summed E-state index contributed by atoms with van der Waals surface area (Å²) in [5.74, 6) is 0.853. The molecule has 0 saturated heterocycles.